The summed E-state index contributed by atoms with van der Waals surface area (Å²) in [5.41, 5.74) is 2.37. The highest BCUT2D eigenvalue weighted by Crippen LogP contribution is 2.14. The topological polar surface area (TPSA) is 55.4 Å². The lowest BCUT2D eigenvalue weighted by Crippen LogP contribution is -2.22. The molecule has 4 nitrogen and oxygen atoms in total. The van der Waals surface area contributed by atoms with E-state index in [1.807, 2.05) is 31.2 Å². The van der Waals surface area contributed by atoms with Gasteiger partial charge in [-0.25, -0.2) is 4.39 Å². The lowest BCUT2D eigenvalue weighted by atomic mass is 10.2. The summed E-state index contributed by atoms with van der Waals surface area (Å²) in [6.07, 6.45) is 0. The molecule has 0 unspecified atom stereocenters. The maximum atomic E-state index is 13.4. The largest absolute Gasteiger partial charge is 0.455 e. The Morgan fingerprint density at radius 1 is 1.12 bits per heavy atom. The average molecular weight is 347 g/mol. The predicted octanol–water partition coefficient (Wildman–Crippen LogP) is 3.55. The molecule has 0 aliphatic rings. The first kappa shape index (κ1) is 18.0. The van der Waals surface area contributed by atoms with Crippen molar-refractivity contribution < 1.29 is 18.7 Å². The summed E-state index contributed by atoms with van der Waals surface area (Å²) in [6, 6.07) is 13.9. The molecular weight excluding hydrogens is 329 g/mol. The van der Waals surface area contributed by atoms with Gasteiger partial charge in [-0.3, -0.25) is 9.59 Å². The zero-order valence-corrected chi connectivity index (χ0v) is 14.1. The Morgan fingerprint density at radius 3 is 2.54 bits per heavy atom. The second-order valence-corrected chi connectivity index (χ2v) is 6.15. The van der Waals surface area contributed by atoms with E-state index in [9.17, 15) is 14.0 Å². The number of para-hydroxylation sites is 1. The fourth-order valence-corrected chi connectivity index (χ4v) is 2.65. The molecule has 24 heavy (non-hydrogen) atoms. The number of hydrogen-bond donors (Lipinski definition) is 1. The van der Waals surface area contributed by atoms with Crippen LogP contribution in [0.3, 0.4) is 0 Å². The molecule has 2 rings (SSSR count). The Bertz CT molecular complexity index is 704. The Balaban J connectivity index is 1.66. The van der Waals surface area contributed by atoms with Crippen LogP contribution in [-0.2, 0) is 20.1 Å². The number of halogens is 1. The van der Waals surface area contributed by atoms with Gasteiger partial charge in [-0.2, -0.15) is 0 Å². The van der Waals surface area contributed by atoms with Gasteiger partial charge >= 0.3 is 5.97 Å². The standard InChI is InChI=1S/C18H18FNO3S/c1-13-6-8-14(9-7-13)11-24-12-18(22)23-10-17(21)20-16-5-3-2-4-15(16)19/h2-9H,10-12H2,1H3,(H,20,21). The van der Waals surface area contributed by atoms with E-state index in [0.29, 0.717) is 5.75 Å². The maximum Gasteiger partial charge on any atom is 0.316 e. The zero-order chi connectivity index (χ0) is 17.4. The summed E-state index contributed by atoms with van der Waals surface area (Å²) in [7, 11) is 0. The molecule has 0 spiro atoms. The first-order chi connectivity index (χ1) is 11.5. The number of esters is 1. The molecule has 126 valence electrons. The molecule has 0 fully saturated rings. The van der Waals surface area contributed by atoms with Crippen molar-refractivity contribution in [3.05, 3.63) is 65.5 Å². The number of aryl methyl sites for hydroxylation is 1. The molecule has 0 saturated heterocycles. The van der Waals surface area contributed by atoms with Gasteiger partial charge in [-0.1, -0.05) is 42.0 Å². The number of amides is 1. The van der Waals surface area contributed by atoms with Gasteiger partial charge in [0.25, 0.3) is 5.91 Å². The van der Waals surface area contributed by atoms with Crippen LogP contribution in [0, 0.1) is 12.7 Å². The second-order valence-electron chi connectivity index (χ2n) is 5.17. The SMILES string of the molecule is Cc1ccc(CSCC(=O)OCC(=O)Nc2ccccc2F)cc1. The van der Waals surface area contributed by atoms with Crippen LogP contribution in [0.15, 0.2) is 48.5 Å². The van der Waals surface area contributed by atoms with Crippen molar-refractivity contribution in [3.8, 4) is 0 Å². The number of rotatable bonds is 7. The molecule has 0 aliphatic heterocycles. The molecule has 1 amide bonds. The van der Waals surface area contributed by atoms with Gasteiger partial charge in [-0.05, 0) is 24.6 Å². The lowest BCUT2D eigenvalue weighted by Gasteiger charge is -2.07. The van der Waals surface area contributed by atoms with E-state index in [-0.39, 0.29) is 11.4 Å². The van der Waals surface area contributed by atoms with Crippen LogP contribution < -0.4 is 5.32 Å². The van der Waals surface area contributed by atoms with E-state index in [1.165, 1.54) is 35.5 Å². The maximum absolute atomic E-state index is 13.4. The molecular formula is C18H18FNO3S. The Hall–Kier alpha value is -2.34. The molecule has 0 bridgehead atoms. The first-order valence-corrected chi connectivity index (χ1v) is 8.53. The van der Waals surface area contributed by atoms with E-state index in [1.54, 1.807) is 6.07 Å². The average Bonchev–Trinajstić information content (AvgIpc) is 2.57. The van der Waals surface area contributed by atoms with E-state index in [2.05, 4.69) is 5.32 Å². The number of anilines is 1. The summed E-state index contributed by atoms with van der Waals surface area (Å²) in [6.45, 7) is 1.58. The highest BCUT2D eigenvalue weighted by atomic mass is 32.2. The molecule has 0 saturated carbocycles. The van der Waals surface area contributed by atoms with Gasteiger partial charge in [0.05, 0.1) is 11.4 Å². The molecule has 0 atom stereocenters. The minimum absolute atomic E-state index is 0.0623. The van der Waals surface area contributed by atoms with Crippen molar-refractivity contribution in [1.82, 2.24) is 0 Å². The van der Waals surface area contributed by atoms with Crippen molar-refractivity contribution in [1.29, 1.82) is 0 Å². The third-order valence-electron chi connectivity index (χ3n) is 3.12. The van der Waals surface area contributed by atoms with Gasteiger partial charge in [0.15, 0.2) is 6.61 Å². The molecule has 0 aromatic heterocycles. The number of ether oxygens (including phenoxy) is 1. The number of carbonyl (C=O) groups excluding carboxylic acids is 2. The first-order valence-electron chi connectivity index (χ1n) is 7.38. The highest BCUT2D eigenvalue weighted by Gasteiger charge is 2.10. The van der Waals surface area contributed by atoms with E-state index in [0.717, 1.165) is 5.56 Å². The quantitative estimate of drug-likeness (QED) is 0.778. The minimum atomic E-state index is -0.572. The van der Waals surface area contributed by atoms with Crippen LogP contribution in [0.1, 0.15) is 11.1 Å². The van der Waals surface area contributed by atoms with Crippen LogP contribution in [0.2, 0.25) is 0 Å². The summed E-state index contributed by atoms with van der Waals surface area (Å²) < 4.78 is 18.3. The van der Waals surface area contributed by atoms with Gasteiger partial charge in [0.2, 0.25) is 0 Å². The van der Waals surface area contributed by atoms with E-state index < -0.39 is 24.3 Å². The minimum Gasteiger partial charge on any atom is -0.455 e. The third kappa shape index (κ3) is 6.04. The number of hydrogen-bond acceptors (Lipinski definition) is 4. The molecule has 2 aromatic rings. The van der Waals surface area contributed by atoms with Crippen LogP contribution in [0.25, 0.3) is 0 Å². The Labute approximate surface area is 144 Å². The fraction of sp³-hybridized carbons (Fsp3) is 0.222. The summed E-state index contributed by atoms with van der Waals surface area (Å²) in [5, 5.41) is 2.35. The zero-order valence-electron chi connectivity index (χ0n) is 13.3. The van der Waals surface area contributed by atoms with Crippen molar-refractivity contribution in [2.45, 2.75) is 12.7 Å². The molecule has 1 N–H and O–H groups in total. The molecule has 0 heterocycles. The smallest absolute Gasteiger partial charge is 0.316 e. The molecule has 6 heteroatoms. The van der Waals surface area contributed by atoms with Crippen molar-refractivity contribution in [2.75, 3.05) is 17.7 Å². The number of thioether (sulfide) groups is 1. The molecule has 0 aliphatic carbocycles. The van der Waals surface area contributed by atoms with Gasteiger partial charge in [-0.15, -0.1) is 11.8 Å². The monoisotopic (exact) mass is 347 g/mol. The van der Waals surface area contributed by atoms with Crippen molar-refractivity contribution in [2.24, 2.45) is 0 Å². The predicted molar refractivity (Wildman–Crippen MR) is 93.3 cm³/mol. The van der Waals surface area contributed by atoms with E-state index >= 15 is 0 Å². The van der Waals surface area contributed by atoms with Crippen LogP contribution in [0.4, 0.5) is 10.1 Å². The Kier molecular flexibility index (Phi) is 6.81. The van der Waals surface area contributed by atoms with Gasteiger partial charge < -0.3 is 10.1 Å². The van der Waals surface area contributed by atoms with Crippen LogP contribution >= 0.6 is 11.8 Å². The normalized spacial score (nSPS) is 10.2. The fourth-order valence-electron chi connectivity index (χ4n) is 1.87. The van der Waals surface area contributed by atoms with Crippen LogP contribution in [-0.4, -0.2) is 24.2 Å². The van der Waals surface area contributed by atoms with Gasteiger partial charge in [0, 0.05) is 5.75 Å². The number of nitrogens with one attached hydrogen (secondary N) is 1. The molecule has 2 aromatic carbocycles. The Morgan fingerprint density at radius 2 is 1.83 bits per heavy atom. The summed E-state index contributed by atoms with van der Waals surface area (Å²) >= 11 is 1.41. The summed E-state index contributed by atoms with van der Waals surface area (Å²) in [5.74, 6) is -0.740. The van der Waals surface area contributed by atoms with Crippen LogP contribution in [0.5, 0.6) is 0 Å². The summed E-state index contributed by atoms with van der Waals surface area (Å²) in [4.78, 5) is 23.2. The third-order valence-corrected chi connectivity index (χ3v) is 4.10. The van der Waals surface area contributed by atoms with Crippen molar-refractivity contribution in [3.63, 3.8) is 0 Å². The van der Waals surface area contributed by atoms with Crippen molar-refractivity contribution >= 4 is 29.3 Å². The highest BCUT2D eigenvalue weighted by molar-refractivity contribution is 7.99. The number of carbonyl (C=O) groups is 2. The van der Waals surface area contributed by atoms with Gasteiger partial charge in [0.1, 0.15) is 5.82 Å². The second kappa shape index (κ2) is 9.08. The lowest BCUT2D eigenvalue weighted by molar-refractivity contribution is -0.144. The van der Waals surface area contributed by atoms with E-state index in [4.69, 9.17) is 4.74 Å². The number of benzene rings is 2. The molecule has 0 radical (unpaired) electrons.